The summed E-state index contributed by atoms with van der Waals surface area (Å²) in [6.45, 7) is 2.14. The van der Waals surface area contributed by atoms with E-state index in [9.17, 15) is 13.2 Å². The number of ether oxygens (including phenoxy) is 1. The van der Waals surface area contributed by atoms with Crippen LogP contribution in [0.25, 0.3) is 0 Å². The average Bonchev–Trinajstić information content (AvgIpc) is 3.34. The van der Waals surface area contributed by atoms with Crippen LogP contribution in [0.15, 0.2) is 17.3 Å². The third kappa shape index (κ3) is 3.71. The number of hydrogen-bond acceptors (Lipinski definition) is 7. The second kappa shape index (κ2) is 7.38. The largest absolute Gasteiger partial charge is 0.446 e. The van der Waals surface area contributed by atoms with Crippen LogP contribution in [0.4, 0.5) is 16.2 Å². The Morgan fingerprint density at radius 1 is 1.40 bits per heavy atom. The number of anilines is 1. The highest BCUT2D eigenvalue weighted by Gasteiger charge is 2.44. The molecule has 1 saturated carbocycles. The van der Waals surface area contributed by atoms with E-state index in [4.69, 9.17) is 9.73 Å². The lowest BCUT2D eigenvalue weighted by Crippen LogP contribution is -2.46. The Hall–Kier alpha value is -2.40. The Balaban J connectivity index is 1.48. The Kier molecular flexibility index (Phi) is 5.13. The topological polar surface area (TPSA) is 116 Å². The number of sulfonamides is 1. The number of amidine groups is 1. The van der Waals surface area contributed by atoms with Gasteiger partial charge in [0.15, 0.2) is 0 Å². The fourth-order valence-corrected chi connectivity index (χ4v) is 5.65. The van der Waals surface area contributed by atoms with Crippen molar-refractivity contribution in [1.29, 1.82) is 0 Å². The lowest BCUT2D eigenvalue weighted by molar-refractivity contribution is 0.0728. The maximum atomic E-state index is 12.2. The molecule has 4 rings (SSSR count). The number of rotatable bonds is 3. The zero-order valence-electron chi connectivity index (χ0n) is 17.7. The van der Waals surface area contributed by atoms with E-state index in [1.54, 1.807) is 26.4 Å². The average molecular weight is 437 g/mol. The number of carbonyl (C=O) groups excluding carboxylic acids is 1. The van der Waals surface area contributed by atoms with Crippen molar-refractivity contribution in [2.75, 3.05) is 25.4 Å². The van der Waals surface area contributed by atoms with Gasteiger partial charge >= 0.3 is 6.09 Å². The molecule has 0 radical (unpaired) electrons. The molecule has 2 fully saturated rings. The molecule has 2 aliphatic heterocycles. The maximum absolute atomic E-state index is 12.2. The van der Waals surface area contributed by atoms with Gasteiger partial charge in [-0.1, -0.05) is 0 Å². The zero-order valence-corrected chi connectivity index (χ0v) is 18.5. The summed E-state index contributed by atoms with van der Waals surface area (Å²) in [5.41, 5.74) is 7.94. The van der Waals surface area contributed by atoms with Gasteiger partial charge in [-0.2, -0.15) is 0 Å². The zero-order chi connectivity index (χ0) is 21.7. The molecule has 1 aromatic heterocycles. The number of carbonyl (C=O) groups is 1. The minimum Gasteiger partial charge on any atom is -0.446 e. The van der Waals surface area contributed by atoms with Crippen molar-refractivity contribution in [3.8, 4) is 0 Å². The van der Waals surface area contributed by atoms with E-state index < -0.39 is 10.0 Å². The van der Waals surface area contributed by atoms with Gasteiger partial charge in [0.25, 0.3) is 0 Å². The number of aromatic nitrogens is 1. The number of aliphatic imine (C=N–C) groups is 1. The van der Waals surface area contributed by atoms with Gasteiger partial charge in [0.05, 0.1) is 17.1 Å². The second-order valence-electron chi connectivity index (χ2n) is 8.66. The number of nitrogens with zero attached hydrogens (tertiary/aromatic N) is 4. The van der Waals surface area contributed by atoms with Crippen LogP contribution in [0.3, 0.4) is 0 Å². The van der Waals surface area contributed by atoms with Crippen LogP contribution in [0.5, 0.6) is 0 Å². The molecule has 1 unspecified atom stereocenters. The molecule has 0 aromatic carbocycles. The number of fused-ring (bicyclic) bond motifs is 1. The summed E-state index contributed by atoms with van der Waals surface area (Å²) in [6.07, 6.45) is 4.46. The van der Waals surface area contributed by atoms with Crippen molar-refractivity contribution in [3.05, 3.63) is 18.0 Å². The van der Waals surface area contributed by atoms with Crippen molar-refractivity contribution in [3.63, 3.8) is 0 Å². The van der Waals surface area contributed by atoms with Crippen molar-refractivity contribution in [2.45, 2.75) is 50.0 Å². The minimum absolute atomic E-state index is 0.0770. The number of pyridine rings is 1. The van der Waals surface area contributed by atoms with E-state index in [0.29, 0.717) is 29.4 Å². The van der Waals surface area contributed by atoms with Crippen LogP contribution in [0, 0.1) is 5.92 Å². The van der Waals surface area contributed by atoms with E-state index in [0.717, 1.165) is 25.1 Å². The number of amides is 1. The van der Waals surface area contributed by atoms with Gasteiger partial charge in [-0.05, 0) is 38.2 Å². The van der Waals surface area contributed by atoms with Gasteiger partial charge in [-0.15, -0.1) is 0 Å². The normalized spacial score (nSPS) is 30.9. The number of hydrogen-bond donors (Lipinski definition) is 2. The molecule has 3 aliphatic rings. The fraction of sp³-hybridized carbons (Fsp3) is 0.632. The monoisotopic (exact) mass is 436 g/mol. The molecular formula is C19H28N6O4S. The van der Waals surface area contributed by atoms with Crippen molar-refractivity contribution < 1.29 is 17.9 Å². The molecule has 30 heavy (non-hydrogen) atoms. The highest BCUT2D eigenvalue weighted by molar-refractivity contribution is 7.92. The summed E-state index contributed by atoms with van der Waals surface area (Å²) in [5, 5.41) is 0. The van der Waals surface area contributed by atoms with Gasteiger partial charge < -0.3 is 15.1 Å². The van der Waals surface area contributed by atoms with E-state index in [1.807, 2.05) is 0 Å². The minimum atomic E-state index is -3.38. The van der Waals surface area contributed by atoms with Crippen molar-refractivity contribution in [2.24, 2.45) is 10.9 Å². The highest BCUT2D eigenvalue weighted by Crippen LogP contribution is 2.41. The fourth-order valence-electron chi connectivity index (χ4n) is 4.42. The summed E-state index contributed by atoms with van der Waals surface area (Å²) in [6, 6.07) is 1.73. The van der Waals surface area contributed by atoms with E-state index >= 15 is 0 Å². The first kappa shape index (κ1) is 20.9. The van der Waals surface area contributed by atoms with Crippen LogP contribution < -0.4 is 15.2 Å². The molecule has 3 heterocycles. The first-order chi connectivity index (χ1) is 14.1. The number of hydrazine groups is 1. The molecule has 1 aliphatic carbocycles. The molecular weight excluding hydrogens is 408 g/mol. The summed E-state index contributed by atoms with van der Waals surface area (Å²) >= 11 is 0. The molecule has 1 aromatic rings. The highest BCUT2D eigenvalue weighted by atomic mass is 32.2. The molecule has 164 valence electrons. The predicted octanol–water partition coefficient (Wildman–Crippen LogP) is 1.51. The summed E-state index contributed by atoms with van der Waals surface area (Å²) < 4.78 is 31.2. The molecule has 3 atom stereocenters. The third-order valence-electron chi connectivity index (χ3n) is 6.23. The second-order valence-corrected chi connectivity index (χ2v) is 10.7. The molecule has 2 N–H and O–H groups in total. The molecule has 10 nitrogen and oxygen atoms in total. The Morgan fingerprint density at radius 2 is 2.17 bits per heavy atom. The molecule has 1 amide bonds. The lowest BCUT2D eigenvalue weighted by Gasteiger charge is -2.30. The van der Waals surface area contributed by atoms with Gasteiger partial charge in [0.1, 0.15) is 17.7 Å². The van der Waals surface area contributed by atoms with Crippen LogP contribution >= 0.6 is 0 Å². The van der Waals surface area contributed by atoms with Crippen molar-refractivity contribution >= 4 is 33.3 Å². The van der Waals surface area contributed by atoms with Crippen LogP contribution in [-0.4, -0.2) is 63.0 Å². The van der Waals surface area contributed by atoms with E-state index in [2.05, 4.69) is 22.8 Å². The van der Waals surface area contributed by atoms with Gasteiger partial charge in [0.2, 0.25) is 10.0 Å². The van der Waals surface area contributed by atoms with E-state index in [1.165, 1.54) is 16.3 Å². The smallest absolute Gasteiger partial charge is 0.409 e. The molecule has 0 spiro atoms. The summed E-state index contributed by atoms with van der Waals surface area (Å²) in [4.78, 5) is 22.2. The van der Waals surface area contributed by atoms with Crippen LogP contribution in [0.1, 0.15) is 38.3 Å². The van der Waals surface area contributed by atoms with Gasteiger partial charge in [-0.3, -0.25) is 9.29 Å². The van der Waals surface area contributed by atoms with E-state index in [-0.39, 0.29) is 23.5 Å². The predicted molar refractivity (Wildman–Crippen MR) is 113 cm³/mol. The van der Waals surface area contributed by atoms with Crippen molar-refractivity contribution in [1.82, 2.24) is 20.7 Å². The van der Waals surface area contributed by atoms with Gasteiger partial charge in [0, 0.05) is 39.3 Å². The molecule has 1 saturated heterocycles. The Labute approximate surface area is 176 Å². The quantitative estimate of drug-likeness (QED) is 0.738. The summed E-state index contributed by atoms with van der Waals surface area (Å²) in [7, 11) is 1.52. The standard InChI is InChI=1S/C19H28N6O4S/c1-19(12-5-6-13(9-12)29-18(26)24(2)3)10-16(22-23-19)21-14-7-8-20-15-11-30(27,28)25(4)17(14)15/h7-8,12-13,23H,5-6,9-11H2,1-4H3,(H,20,21,22)/t12-,13+,19?/m0/s1. The Morgan fingerprint density at radius 3 is 2.90 bits per heavy atom. The number of nitrogens with one attached hydrogen (secondary N) is 2. The Bertz CT molecular complexity index is 995. The molecule has 0 bridgehead atoms. The van der Waals surface area contributed by atoms with Crippen LogP contribution in [0.2, 0.25) is 0 Å². The SMILES string of the molecule is CN(C)C(=O)O[C@@H]1CC[C@H](C2(C)CC(=Nc3ccnc4c3N(C)S(=O)(=O)C4)NN2)C1. The third-order valence-corrected chi connectivity index (χ3v) is 7.89. The first-order valence-corrected chi connectivity index (χ1v) is 11.6. The van der Waals surface area contributed by atoms with Gasteiger partial charge in [-0.25, -0.2) is 23.6 Å². The summed E-state index contributed by atoms with van der Waals surface area (Å²) in [5.74, 6) is 0.969. The lowest BCUT2D eigenvalue weighted by atomic mass is 9.83. The first-order valence-electron chi connectivity index (χ1n) is 10.0. The van der Waals surface area contributed by atoms with Crippen LogP contribution in [-0.2, 0) is 20.5 Å². The molecule has 11 heteroatoms. The maximum Gasteiger partial charge on any atom is 0.409 e.